The van der Waals surface area contributed by atoms with E-state index in [-0.39, 0.29) is 34.6 Å². The Morgan fingerprint density at radius 3 is 2.05 bits per heavy atom. The van der Waals surface area contributed by atoms with Crippen LogP contribution >= 0.6 is 11.6 Å². The molecule has 0 saturated carbocycles. The summed E-state index contributed by atoms with van der Waals surface area (Å²) in [7, 11) is 2.22. The van der Waals surface area contributed by atoms with Crippen LogP contribution in [-0.2, 0) is 40.7 Å². The number of halogens is 1. The fraction of sp³-hybridized carbons (Fsp3) is 0.444. The standard InChI is InChI=1S/C38H46O9.C21H26ClNO.C4H4O4/c1-21(2)11-10-18-36(8)19-17-24-29(39)28-30(40)26-12-9-13-27-35(6,7)47-37(34(43)44,20-16-23(5)33(41)42)38(26,27)46-32(28)25(31(24)45-36)15-14-22(3)4;1-21(17-7-4-3-5-8-17,18-10-12-19(22)13-11-18)24-16-14-20-9-6-15-23(20)2;5-3(6)1-2-4(7)8/h11-12,14,16-17,19,27,39H,9-10,13,15,18,20H2,1-8H3,(H,41,42)(H,43,44);3-5,7-8,10-13,20H,6,9,14-16H2,1-2H3;1-2H,(H,5,6)(H,7,8). The van der Waals surface area contributed by atoms with Crippen molar-refractivity contribution in [1.29, 1.82) is 0 Å². The first kappa shape index (κ1) is 61.4. The van der Waals surface area contributed by atoms with Crippen LogP contribution in [0.5, 0.6) is 17.2 Å². The van der Waals surface area contributed by atoms with Gasteiger partial charge in [-0.1, -0.05) is 89.5 Å². The van der Waals surface area contributed by atoms with E-state index in [2.05, 4.69) is 61.3 Å². The monoisotopic (exact) mass is 1110 g/mol. The highest BCUT2D eigenvalue weighted by Crippen LogP contribution is 2.64. The molecule has 15 nitrogen and oxygen atoms in total. The number of Topliss-reactive ketones (excluding diaryl/α,β-unsaturated/α-hetero) is 1. The minimum Gasteiger partial charge on any atom is -0.506 e. The van der Waals surface area contributed by atoms with Gasteiger partial charge >= 0.3 is 23.9 Å². The number of phenols is 1. The number of hydrogen-bond acceptors (Lipinski definition) is 11. The number of fused-ring (bicyclic) bond motifs is 2. The van der Waals surface area contributed by atoms with Crippen molar-refractivity contribution in [3.05, 3.63) is 152 Å². The van der Waals surface area contributed by atoms with Crippen LogP contribution in [0.3, 0.4) is 0 Å². The average molecular weight is 1110 g/mol. The lowest BCUT2D eigenvalue weighted by atomic mass is 9.60. The van der Waals surface area contributed by atoms with E-state index in [0.717, 1.165) is 35.6 Å². The Balaban J connectivity index is 0.000000260. The Hall–Kier alpha value is -6.78. The minimum absolute atomic E-state index is 0.0407. The lowest BCUT2D eigenvalue weighted by Crippen LogP contribution is -2.66. The molecule has 0 bridgehead atoms. The largest absolute Gasteiger partial charge is 0.506 e. The van der Waals surface area contributed by atoms with Crippen LogP contribution in [0.25, 0.3) is 6.08 Å². The number of hydrogen-bond donors (Lipinski definition) is 5. The summed E-state index contributed by atoms with van der Waals surface area (Å²) < 4.78 is 26.7. The number of carboxylic acids is 4. The fourth-order valence-electron chi connectivity index (χ4n) is 11.4. The molecule has 0 amide bonds. The number of phenolic OH excluding ortho intramolecular Hbond substituents is 1. The van der Waals surface area contributed by atoms with Gasteiger partial charge in [0.05, 0.1) is 11.2 Å². The average Bonchev–Trinajstić information content (AvgIpc) is 3.63. The summed E-state index contributed by atoms with van der Waals surface area (Å²) >= 11 is 6.07. The zero-order valence-corrected chi connectivity index (χ0v) is 47.7. The number of ketones is 1. The Labute approximate surface area is 468 Å². The number of carbonyl (C=O) groups excluding carboxylic acids is 1. The topological polar surface area (TPSA) is 227 Å². The quantitative estimate of drug-likeness (QED) is 0.0626. The summed E-state index contributed by atoms with van der Waals surface area (Å²) in [5, 5.41) is 48.8. The molecule has 0 radical (unpaired) electrons. The summed E-state index contributed by atoms with van der Waals surface area (Å²) in [6.07, 6.45) is 17.9. The third kappa shape index (κ3) is 13.3. The highest BCUT2D eigenvalue weighted by atomic mass is 35.5. The summed E-state index contributed by atoms with van der Waals surface area (Å²) in [5.41, 5.74) is -0.814. The summed E-state index contributed by atoms with van der Waals surface area (Å²) in [6.45, 7) is 19.0. The fourth-order valence-corrected chi connectivity index (χ4v) is 11.5. The lowest BCUT2D eigenvalue weighted by molar-refractivity contribution is -0.184. The Morgan fingerprint density at radius 2 is 1.48 bits per heavy atom. The maximum Gasteiger partial charge on any atom is 0.340 e. The highest BCUT2D eigenvalue weighted by molar-refractivity contribution is 6.30. The lowest BCUT2D eigenvalue weighted by Gasteiger charge is -2.50. The number of aromatic hydroxyl groups is 1. The molecule has 2 saturated heterocycles. The molecule has 3 aromatic rings. The zero-order valence-electron chi connectivity index (χ0n) is 47.0. The SMILES string of the molecule is CC(C)=CCCC1(C)C=Cc2c(O)c3c(c(CC=C(C)C)c2O1)OC12C(=CCCC1C(C)(C)OC2(CC=C(C)C(=O)O)C(=O)O)C3=O.CN1CCCC1CCOC(C)(c1ccccc1)c1ccc(Cl)cc1.O=C(O)C=CC(=O)O. The van der Waals surface area contributed by atoms with Crippen molar-refractivity contribution in [2.45, 2.75) is 154 Å². The molecule has 1 spiro atoms. The van der Waals surface area contributed by atoms with Crippen molar-refractivity contribution in [2.75, 3.05) is 20.2 Å². The van der Waals surface area contributed by atoms with Crippen LogP contribution in [0.15, 0.2) is 119 Å². The van der Waals surface area contributed by atoms with Crippen LogP contribution in [0.4, 0.5) is 0 Å². The molecule has 6 atom stereocenters. The first-order valence-corrected chi connectivity index (χ1v) is 27.1. The summed E-state index contributed by atoms with van der Waals surface area (Å²) in [5.74, 6) is -6.04. The molecular formula is C63H76ClNO14. The molecule has 4 heterocycles. The van der Waals surface area contributed by atoms with Crippen molar-refractivity contribution in [2.24, 2.45) is 5.92 Å². The number of carbonyl (C=O) groups is 5. The van der Waals surface area contributed by atoms with Gasteiger partial charge in [0.1, 0.15) is 34.0 Å². The second-order valence-electron chi connectivity index (χ2n) is 22.3. The molecule has 8 rings (SSSR count). The molecule has 5 aliphatic rings. The number of carboxylic acid groups (broad SMARTS) is 4. The molecule has 424 valence electrons. The second-order valence-corrected chi connectivity index (χ2v) is 22.7. The van der Waals surface area contributed by atoms with Gasteiger partial charge in [-0.25, -0.2) is 19.2 Å². The van der Waals surface area contributed by atoms with E-state index in [9.17, 15) is 39.3 Å². The first-order valence-electron chi connectivity index (χ1n) is 26.8. The third-order valence-electron chi connectivity index (χ3n) is 15.6. The highest BCUT2D eigenvalue weighted by Gasteiger charge is 2.77. The van der Waals surface area contributed by atoms with Gasteiger partial charge in [-0.15, -0.1) is 0 Å². The summed E-state index contributed by atoms with van der Waals surface area (Å²) in [4.78, 5) is 61.6. The molecule has 4 aliphatic heterocycles. The van der Waals surface area contributed by atoms with E-state index in [1.807, 2.05) is 65.0 Å². The number of benzene rings is 3. The van der Waals surface area contributed by atoms with Gasteiger partial charge in [0.2, 0.25) is 5.60 Å². The molecule has 79 heavy (non-hydrogen) atoms. The molecular weight excluding hydrogens is 1030 g/mol. The van der Waals surface area contributed by atoms with Crippen molar-refractivity contribution in [1.82, 2.24) is 4.90 Å². The van der Waals surface area contributed by atoms with Crippen LogP contribution in [0, 0.1) is 5.92 Å². The number of allylic oxidation sites excluding steroid dienone is 5. The molecule has 5 N–H and O–H groups in total. The van der Waals surface area contributed by atoms with E-state index in [0.29, 0.717) is 60.8 Å². The van der Waals surface area contributed by atoms with E-state index in [1.54, 1.807) is 26.0 Å². The number of rotatable bonds is 17. The number of ether oxygens (including phenoxy) is 4. The smallest absolute Gasteiger partial charge is 0.340 e. The Bertz CT molecular complexity index is 2970. The van der Waals surface area contributed by atoms with Crippen molar-refractivity contribution < 1.29 is 68.5 Å². The predicted octanol–water partition coefficient (Wildman–Crippen LogP) is 12.3. The van der Waals surface area contributed by atoms with Gasteiger partial charge in [0, 0.05) is 58.9 Å². The first-order chi connectivity index (χ1) is 37.1. The molecule has 0 aromatic heterocycles. The van der Waals surface area contributed by atoms with Gasteiger partial charge in [0.15, 0.2) is 11.4 Å². The van der Waals surface area contributed by atoms with E-state index in [4.69, 9.17) is 40.8 Å². The van der Waals surface area contributed by atoms with Crippen LogP contribution < -0.4 is 9.47 Å². The van der Waals surface area contributed by atoms with Crippen LogP contribution in [0.2, 0.25) is 5.02 Å². The van der Waals surface area contributed by atoms with E-state index in [1.165, 1.54) is 43.5 Å². The number of aliphatic carboxylic acids is 4. The van der Waals surface area contributed by atoms with Gasteiger partial charge in [0.25, 0.3) is 0 Å². The molecule has 6 unspecified atom stereocenters. The van der Waals surface area contributed by atoms with Gasteiger partial charge < -0.3 is 49.4 Å². The van der Waals surface area contributed by atoms with Crippen molar-refractivity contribution in [3.8, 4) is 17.2 Å². The molecule has 16 heteroatoms. The van der Waals surface area contributed by atoms with Gasteiger partial charge in [-0.3, -0.25) is 4.79 Å². The minimum atomic E-state index is -2.16. The maximum atomic E-state index is 14.7. The van der Waals surface area contributed by atoms with Crippen LogP contribution in [0.1, 0.15) is 146 Å². The van der Waals surface area contributed by atoms with Crippen LogP contribution in [-0.4, -0.2) is 109 Å². The van der Waals surface area contributed by atoms with Gasteiger partial charge in [-0.05, 0) is 163 Å². The molecule has 2 fully saturated rings. The molecule has 1 aliphatic carbocycles. The normalized spacial score (nSPS) is 24.2. The zero-order chi connectivity index (χ0) is 58.3. The van der Waals surface area contributed by atoms with Crippen molar-refractivity contribution >= 4 is 47.3 Å². The number of likely N-dealkylation sites (tertiary alicyclic amines) is 1. The second kappa shape index (κ2) is 25.1. The summed E-state index contributed by atoms with van der Waals surface area (Å²) in [6, 6.07) is 19.1. The maximum absolute atomic E-state index is 14.7. The van der Waals surface area contributed by atoms with E-state index < -0.39 is 63.6 Å². The van der Waals surface area contributed by atoms with Gasteiger partial charge in [-0.2, -0.15) is 0 Å². The van der Waals surface area contributed by atoms with E-state index >= 15 is 0 Å². The van der Waals surface area contributed by atoms with Crippen molar-refractivity contribution in [3.63, 3.8) is 0 Å². The number of nitrogens with zero attached hydrogens (tertiary/aromatic N) is 1. The molecule has 3 aromatic carbocycles. The predicted molar refractivity (Wildman–Crippen MR) is 303 cm³/mol. The Morgan fingerprint density at radius 1 is 0.848 bits per heavy atom. The third-order valence-corrected chi connectivity index (χ3v) is 15.9. The Kier molecular flexibility index (Phi) is 19.5.